The zero-order valence-electron chi connectivity index (χ0n) is 10.1. The number of furan rings is 1. The van der Waals surface area contributed by atoms with Crippen LogP contribution in [-0.4, -0.2) is 22.6 Å². The Morgan fingerprint density at radius 1 is 1.58 bits per heavy atom. The summed E-state index contributed by atoms with van der Waals surface area (Å²) in [6.07, 6.45) is 2.87. The van der Waals surface area contributed by atoms with Gasteiger partial charge >= 0.3 is 5.76 Å². The molecule has 1 aliphatic carbocycles. The van der Waals surface area contributed by atoms with Gasteiger partial charge in [-0.15, -0.1) is 0 Å². The van der Waals surface area contributed by atoms with Gasteiger partial charge in [-0.3, -0.25) is 14.3 Å². The number of hydrogen-bond donors (Lipinski definition) is 2. The van der Waals surface area contributed by atoms with Gasteiger partial charge in [0.25, 0.3) is 0 Å². The van der Waals surface area contributed by atoms with Crippen molar-refractivity contribution in [1.29, 1.82) is 0 Å². The van der Waals surface area contributed by atoms with Gasteiger partial charge in [-0.25, -0.2) is 4.79 Å². The highest BCUT2D eigenvalue weighted by Gasteiger charge is 2.45. The number of rotatable bonds is 5. The van der Waals surface area contributed by atoms with Crippen LogP contribution < -0.4 is 11.1 Å². The van der Waals surface area contributed by atoms with Crippen LogP contribution in [0, 0.1) is 5.92 Å². The van der Waals surface area contributed by atoms with Crippen molar-refractivity contribution >= 4 is 5.91 Å². The lowest BCUT2D eigenvalue weighted by molar-refractivity contribution is -0.122. The first kappa shape index (κ1) is 11.8. The molecular weight excluding hydrogens is 250 g/mol. The number of nitrogens with zero attached hydrogens (tertiary/aromatic N) is 1. The fourth-order valence-corrected chi connectivity index (χ4v) is 2.10. The maximum atomic E-state index is 11.8. The molecule has 0 aliphatic heterocycles. The highest BCUT2D eigenvalue weighted by molar-refractivity contribution is 5.82. The summed E-state index contributed by atoms with van der Waals surface area (Å²) >= 11 is 0. The van der Waals surface area contributed by atoms with Crippen LogP contribution in [0.4, 0.5) is 0 Å². The lowest BCUT2D eigenvalue weighted by Gasteiger charge is -2.02. The third kappa shape index (κ3) is 2.59. The summed E-state index contributed by atoms with van der Waals surface area (Å²) in [7, 11) is 0. The maximum absolute atomic E-state index is 11.8. The van der Waals surface area contributed by atoms with Gasteiger partial charge in [-0.05, 0) is 18.6 Å². The molecule has 2 N–H and O–H groups in total. The normalized spacial score (nSPS) is 21.3. The molecule has 1 amide bonds. The Labute approximate surface area is 108 Å². The van der Waals surface area contributed by atoms with E-state index in [9.17, 15) is 9.59 Å². The highest BCUT2D eigenvalue weighted by Crippen LogP contribution is 2.47. The molecule has 0 radical (unpaired) electrons. The van der Waals surface area contributed by atoms with Crippen LogP contribution in [0.25, 0.3) is 0 Å². The molecule has 1 aliphatic rings. The van der Waals surface area contributed by atoms with Crippen molar-refractivity contribution in [2.75, 3.05) is 6.54 Å². The van der Waals surface area contributed by atoms with Crippen LogP contribution in [0.2, 0.25) is 0 Å². The fourth-order valence-electron chi connectivity index (χ4n) is 2.10. The summed E-state index contributed by atoms with van der Waals surface area (Å²) in [6.45, 7) is 0.419. The number of aromatic amines is 1. The zero-order chi connectivity index (χ0) is 13.2. The van der Waals surface area contributed by atoms with E-state index in [1.54, 1.807) is 6.26 Å². The smallest absolute Gasteiger partial charge is 0.438 e. The number of carbonyl (C=O) groups excluding carboxylic acids is 1. The second kappa shape index (κ2) is 4.75. The van der Waals surface area contributed by atoms with E-state index in [1.807, 2.05) is 12.1 Å². The molecule has 7 heteroatoms. The predicted octanol–water partition coefficient (Wildman–Crippen LogP) is 0.418. The first-order chi connectivity index (χ1) is 9.24. The Balaban J connectivity index is 1.44. The minimum atomic E-state index is -0.582. The van der Waals surface area contributed by atoms with Gasteiger partial charge < -0.3 is 9.73 Å². The van der Waals surface area contributed by atoms with Gasteiger partial charge in [0, 0.05) is 24.8 Å². The summed E-state index contributed by atoms with van der Waals surface area (Å²) < 4.78 is 9.63. The topological polar surface area (TPSA) is 101 Å². The fraction of sp³-hybridized carbons (Fsp3) is 0.417. The largest absolute Gasteiger partial charge is 0.469 e. The van der Waals surface area contributed by atoms with Gasteiger partial charge in [0.15, 0.2) is 5.82 Å². The third-order valence-electron chi connectivity index (χ3n) is 3.18. The van der Waals surface area contributed by atoms with Crippen molar-refractivity contribution in [2.24, 2.45) is 5.92 Å². The number of carbonyl (C=O) groups is 1. The van der Waals surface area contributed by atoms with E-state index in [0.29, 0.717) is 18.8 Å². The van der Waals surface area contributed by atoms with Crippen molar-refractivity contribution in [1.82, 2.24) is 15.5 Å². The van der Waals surface area contributed by atoms with Gasteiger partial charge in [-0.1, -0.05) is 5.16 Å². The molecule has 19 heavy (non-hydrogen) atoms. The number of nitrogens with one attached hydrogen (secondary N) is 2. The van der Waals surface area contributed by atoms with Gasteiger partial charge in [-0.2, -0.15) is 0 Å². The molecule has 2 aromatic heterocycles. The van der Waals surface area contributed by atoms with E-state index < -0.39 is 5.76 Å². The van der Waals surface area contributed by atoms with Crippen LogP contribution in [0.5, 0.6) is 0 Å². The van der Waals surface area contributed by atoms with E-state index in [0.717, 1.165) is 12.2 Å². The molecule has 0 bridgehead atoms. The second-order valence-corrected chi connectivity index (χ2v) is 4.55. The second-order valence-electron chi connectivity index (χ2n) is 4.55. The van der Waals surface area contributed by atoms with E-state index in [4.69, 9.17) is 4.42 Å². The van der Waals surface area contributed by atoms with Crippen LogP contribution >= 0.6 is 0 Å². The summed E-state index contributed by atoms with van der Waals surface area (Å²) in [5, 5.41) is 6.33. The number of aromatic nitrogens is 2. The first-order valence-electron chi connectivity index (χ1n) is 6.10. The Morgan fingerprint density at radius 3 is 3.16 bits per heavy atom. The predicted molar refractivity (Wildman–Crippen MR) is 63.4 cm³/mol. The molecule has 0 aromatic carbocycles. The minimum absolute atomic E-state index is 0.00671. The first-order valence-corrected chi connectivity index (χ1v) is 6.10. The van der Waals surface area contributed by atoms with Crippen LogP contribution in [0.3, 0.4) is 0 Å². The number of amides is 1. The average molecular weight is 263 g/mol. The Hall–Kier alpha value is -2.31. The molecule has 0 spiro atoms. The molecule has 1 saturated carbocycles. The zero-order valence-corrected chi connectivity index (χ0v) is 10.1. The Kier molecular flexibility index (Phi) is 2.94. The summed E-state index contributed by atoms with van der Waals surface area (Å²) in [4.78, 5) is 25.0. The summed E-state index contributed by atoms with van der Waals surface area (Å²) in [6, 6.07) is 3.71. The van der Waals surface area contributed by atoms with E-state index >= 15 is 0 Å². The molecule has 7 nitrogen and oxygen atoms in total. The molecule has 100 valence electrons. The van der Waals surface area contributed by atoms with E-state index in [1.165, 1.54) is 0 Å². The number of hydrogen-bond acceptors (Lipinski definition) is 5. The van der Waals surface area contributed by atoms with Crippen molar-refractivity contribution in [3.8, 4) is 0 Å². The lowest BCUT2D eigenvalue weighted by atomic mass is 10.2. The quantitative estimate of drug-likeness (QED) is 0.814. The molecule has 0 unspecified atom stereocenters. The summed E-state index contributed by atoms with van der Waals surface area (Å²) in [5.41, 5.74) is 0. The van der Waals surface area contributed by atoms with Crippen LogP contribution in [0.15, 0.2) is 32.1 Å². The standard InChI is InChI=1S/C12H13N3O4/c16-11(8-6-7(8)9-2-1-5-18-9)13-4-3-10-14-12(17)19-15-10/h1-2,5,7-8H,3-4,6H2,(H,13,16)(H,14,15,17)/t7-,8-/m1/s1. The van der Waals surface area contributed by atoms with Crippen molar-refractivity contribution in [3.05, 3.63) is 40.5 Å². The highest BCUT2D eigenvalue weighted by atomic mass is 16.5. The molecular formula is C12H13N3O4. The maximum Gasteiger partial charge on any atom is 0.438 e. The minimum Gasteiger partial charge on any atom is -0.469 e. The van der Waals surface area contributed by atoms with E-state index in [-0.39, 0.29) is 17.7 Å². The van der Waals surface area contributed by atoms with Gasteiger partial charge in [0.05, 0.1) is 6.26 Å². The Morgan fingerprint density at radius 2 is 2.47 bits per heavy atom. The SMILES string of the molecule is O=C(NCCc1noc(=O)[nH]1)[C@@H]1C[C@H]1c1ccco1. The van der Waals surface area contributed by atoms with Crippen molar-refractivity contribution in [3.63, 3.8) is 0 Å². The molecule has 3 rings (SSSR count). The average Bonchev–Trinajstić information content (AvgIpc) is 2.82. The molecule has 2 heterocycles. The van der Waals surface area contributed by atoms with E-state index in [2.05, 4.69) is 20.0 Å². The van der Waals surface area contributed by atoms with Crippen molar-refractivity contribution in [2.45, 2.75) is 18.8 Å². The Bertz CT molecular complexity index is 613. The monoisotopic (exact) mass is 263 g/mol. The van der Waals surface area contributed by atoms with Gasteiger partial charge in [0.2, 0.25) is 5.91 Å². The summed E-state index contributed by atoms with van der Waals surface area (Å²) in [5.74, 6) is 0.905. The van der Waals surface area contributed by atoms with Crippen LogP contribution in [0.1, 0.15) is 23.9 Å². The molecule has 0 saturated heterocycles. The van der Waals surface area contributed by atoms with Crippen LogP contribution in [-0.2, 0) is 11.2 Å². The third-order valence-corrected chi connectivity index (χ3v) is 3.18. The molecule has 2 aromatic rings. The van der Waals surface area contributed by atoms with Crippen molar-refractivity contribution < 1.29 is 13.7 Å². The molecule has 1 fully saturated rings. The lowest BCUT2D eigenvalue weighted by Crippen LogP contribution is -2.27. The number of H-pyrrole nitrogens is 1. The molecule has 2 atom stereocenters. The van der Waals surface area contributed by atoms with Gasteiger partial charge in [0.1, 0.15) is 5.76 Å².